The van der Waals surface area contributed by atoms with E-state index in [-0.39, 0.29) is 17.2 Å². The van der Waals surface area contributed by atoms with Gasteiger partial charge in [0.15, 0.2) is 0 Å². The Hall–Kier alpha value is -1.95. The summed E-state index contributed by atoms with van der Waals surface area (Å²) in [5, 5.41) is 14.8. The van der Waals surface area contributed by atoms with Crippen LogP contribution in [0.25, 0.3) is 0 Å². The number of carbonyl (C=O) groups is 2. The van der Waals surface area contributed by atoms with Crippen LogP contribution in [0.4, 0.5) is 10.1 Å². The summed E-state index contributed by atoms with van der Waals surface area (Å²) in [7, 11) is 0. The molecular formula is C14H17FN2O3. The zero-order valence-corrected chi connectivity index (χ0v) is 11.2. The van der Waals surface area contributed by atoms with Gasteiger partial charge in [-0.15, -0.1) is 0 Å². The molecule has 3 N–H and O–H groups in total. The highest BCUT2D eigenvalue weighted by Crippen LogP contribution is 2.26. The lowest BCUT2D eigenvalue weighted by Gasteiger charge is -2.27. The Bertz CT molecular complexity index is 539. The van der Waals surface area contributed by atoms with E-state index in [4.69, 9.17) is 5.11 Å². The van der Waals surface area contributed by atoms with Crippen molar-refractivity contribution in [2.45, 2.75) is 31.7 Å². The summed E-state index contributed by atoms with van der Waals surface area (Å²) >= 11 is 0. The second-order valence-electron chi connectivity index (χ2n) is 4.92. The predicted octanol–water partition coefficient (Wildman–Crippen LogP) is 1.99. The number of carboxylic acids is 1. The molecule has 0 bridgehead atoms. The Kier molecular flexibility index (Phi) is 4.04. The van der Waals surface area contributed by atoms with Crippen LogP contribution in [0.2, 0.25) is 0 Å². The van der Waals surface area contributed by atoms with Gasteiger partial charge >= 0.3 is 5.97 Å². The Balaban J connectivity index is 2.25. The third-order valence-electron chi connectivity index (χ3n) is 3.74. The van der Waals surface area contributed by atoms with Crippen molar-refractivity contribution in [3.63, 3.8) is 0 Å². The number of rotatable bonds is 4. The van der Waals surface area contributed by atoms with Gasteiger partial charge in [-0.2, -0.15) is 0 Å². The van der Waals surface area contributed by atoms with Gasteiger partial charge in [-0.1, -0.05) is 6.92 Å². The summed E-state index contributed by atoms with van der Waals surface area (Å²) in [5.74, 6) is -2.19. The largest absolute Gasteiger partial charge is 0.478 e. The number of amides is 1. The molecule has 2 rings (SSSR count). The topological polar surface area (TPSA) is 78.4 Å². The number of carboxylic acid groups (broad SMARTS) is 1. The minimum atomic E-state index is -1.27. The lowest BCUT2D eigenvalue weighted by atomic mass is 9.93. The minimum absolute atomic E-state index is 0.116. The van der Waals surface area contributed by atoms with E-state index in [1.165, 1.54) is 6.07 Å². The first-order valence-corrected chi connectivity index (χ1v) is 6.58. The molecule has 1 heterocycles. The van der Waals surface area contributed by atoms with Crippen molar-refractivity contribution in [3.05, 3.63) is 29.6 Å². The Morgan fingerprint density at radius 2 is 2.25 bits per heavy atom. The van der Waals surface area contributed by atoms with E-state index in [1.54, 1.807) is 0 Å². The average Bonchev–Trinajstić information content (AvgIpc) is 2.90. The molecule has 1 aliphatic rings. The van der Waals surface area contributed by atoms with E-state index in [1.807, 2.05) is 6.92 Å². The Morgan fingerprint density at radius 1 is 1.50 bits per heavy atom. The van der Waals surface area contributed by atoms with Crippen LogP contribution in [-0.4, -0.2) is 29.1 Å². The first kappa shape index (κ1) is 14.5. The maximum absolute atomic E-state index is 13.1. The van der Waals surface area contributed by atoms with Gasteiger partial charge in [0.05, 0.1) is 16.8 Å². The summed E-state index contributed by atoms with van der Waals surface area (Å²) in [6, 6.07) is 3.30. The molecule has 1 aromatic rings. The lowest BCUT2D eigenvalue weighted by Crippen LogP contribution is -2.50. The van der Waals surface area contributed by atoms with Gasteiger partial charge in [-0.05, 0) is 44.0 Å². The summed E-state index contributed by atoms with van der Waals surface area (Å²) in [5.41, 5.74) is -0.794. The molecule has 1 atom stereocenters. The van der Waals surface area contributed by atoms with Gasteiger partial charge < -0.3 is 15.7 Å². The van der Waals surface area contributed by atoms with Crippen LogP contribution in [0.3, 0.4) is 0 Å². The molecule has 0 aliphatic carbocycles. The highest BCUT2D eigenvalue weighted by Gasteiger charge is 2.39. The van der Waals surface area contributed by atoms with E-state index in [0.717, 1.165) is 25.1 Å². The summed E-state index contributed by atoms with van der Waals surface area (Å²) < 4.78 is 13.1. The summed E-state index contributed by atoms with van der Waals surface area (Å²) in [4.78, 5) is 23.5. The molecule has 5 nitrogen and oxygen atoms in total. The number of aromatic carboxylic acids is 1. The fraction of sp³-hybridized carbons (Fsp3) is 0.429. The van der Waals surface area contributed by atoms with E-state index in [2.05, 4.69) is 10.6 Å². The standard InChI is InChI=1S/C14H17FN2O3/c1-2-14(6-3-7-16-14)13(20)17-11-5-4-9(15)8-10(11)12(18)19/h4-5,8,16H,2-3,6-7H2,1H3,(H,17,20)(H,18,19). The first-order valence-electron chi connectivity index (χ1n) is 6.58. The fourth-order valence-corrected chi connectivity index (χ4v) is 2.51. The normalized spacial score (nSPS) is 21.7. The number of halogens is 1. The molecule has 108 valence electrons. The minimum Gasteiger partial charge on any atom is -0.478 e. The van der Waals surface area contributed by atoms with Gasteiger partial charge in [-0.3, -0.25) is 4.79 Å². The molecule has 6 heteroatoms. The Morgan fingerprint density at radius 3 is 2.80 bits per heavy atom. The number of benzene rings is 1. The highest BCUT2D eigenvalue weighted by molar-refractivity contribution is 6.03. The number of hydrogen-bond donors (Lipinski definition) is 3. The van der Waals surface area contributed by atoms with E-state index in [0.29, 0.717) is 12.8 Å². The molecule has 1 amide bonds. The van der Waals surface area contributed by atoms with Crippen molar-refractivity contribution in [2.75, 3.05) is 11.9 Å². The molecule has 1 fully saturated rings. The van der Waals surface area contributed by atoms with Crippen LogP contribution in [0.15, 0.2) is 18.2 Å². The molecule has 0 saturated carbocycles. The van der Waals surface area contributed by atoms with Crippen molar-refractivity contribution in [3.8, 4) is 0 Å². The molecule has 20 heavy (non-hydrogen) atoms. The maximum atomic E-state index is 13.1. The first-order chi connectivity index (χ1) is 9.48. The van der Waals surface area contributed by atoms with Crippen LogP contribution >= 0.6 is 0 Å². The maximum Gasteiger partial charge on any atom is 0.337 e. The van der Waals surface area contributed by atoms with Crippen LogP contribution in [-0.2, 0) is 4.79 Å². The lowest BCUT2D eigenvalue weighted by molar-refractivity contribution is -0.122. The van der Waals surface area contributed by atoms with Crippen molar-refractivity contribution < 1.29 is 19.1 Å². The number of anilines is 1. The summed E-state index contributed by atoms with van der Waals surface area (Å²) in [6.45, 7) is 2.66. The van der Waals surface area contributed by atoms with Gasteiger partial charge in [0.25, 0.3) is 0 Å². The molecule has 1 unspecified atom stereocenters. The number of nitrogens with one attached hydrogen (secondary N) is 2. The predicted molar refractivity (Wildman–Crippen MR) is 72.2 cm³/mol. The van der Waals surface area contributed by atoms with E-state index in [9.17, 15) is 14.0 Å². The SMILES string of the molecule is CCC1(C(=O)Nc2ccc(F)cc2C(=O)O)CCCN1. The molecule has 1 aliphatic heterocycles. The molecule has 0 spiro atoms. The monoisotopic (exact) mass is 280 g/mol. The third-order valence-corrected chi connectivity index (χ3v) is 3.74. The van der Waals surface area contributed by atoms with Crippen LogP contribution in [0.5, 0.6) is 0 Å². The van der Waals surface area contributed by atoms with E-state index >= 15 is 0 Å². The smallest absolute Gasteiger partial charge is 0.337 e. The molecule has 0 aromatic heterocycles. The van der Waals surface area contributed by atoms with Crippen molar-refractivity contribution in [1.29, 1.82) is 0 Å². The third kappa shape index (κ3) is 2.65. The van der Waals surface area contributed by atoms with Crippen LogP contribution < -0.4 is 10.6 Å². The van der Waals surface area contributed by atoms with Gasteiger partial charge in [0.2, 0.25) is 5.91 Å². The fourth-order valence-electron chi connectivity index (χ4n) is 2.51. The number of carbonyl (C=O) groups excluding carboxylic acids is 1. The zero-order chi connectivity index (χ0) is 14.8. The second kappa shape index (κ2) is 5.58. The van der Waals surface area contributed by atoms with Crippen molar-refractivity contribution in [2.24, 2.45) is 0 Å². The summed E-state index contributed by atoms with van der Waals surface area (Å²) in [6.07, 6.45) is 2.22. The second-order valence-corrected chi connectivity index (χ2v) is 4.92. The quantitative estimate of drug-likeness (QED) is 0.788. The van der Waals surface area contributed by atoms with Crippen molar-refractivity contribution >= 4 is 17.6 Å². The molecule has 0 radical (unpaired) electrons. The van der Waals surface area contributed by atoms with Gasteiger partial charge in [-0.25, -0.2) is 9.18 Å². The molecule has 1 saturated heterocycles. The number of hydrogen-bond acceptors (Lipinski definition) is 3. The molecular weight excluding hydrogens is 263 g/mol. The van der Waals surface area contributed by atoms with Crippen LogP contribution in [0.1, 0.15) is 36.5 Å². The zero-order valence-electron chi connectivity index (χ0n) is 11.2. The average molecular weight is 280 g/mol. The molecule has 1 aromatic carbocycles. The van der Waals surface area contributed by atoms with Crippen LogP contribution in [0, 0.1) is 5.82 Å². The van der Waals surface area contributed by atoms with E-state index < -0.39 is 17.3 Å². The Labute approximate surface area is 116 Å². The van der Waals surface area contributed by atoms with Crippen molar-refractivity contribution in [1.82, 2.24) is 5.32 Å². The highest BCUT2D eigenvalue weighted by atomic mass is 19.1. The van der Waals surface area contributed by atoms with Gasteiger partial charge in [0, 0.05) is 0 Å². The van der Waals surface area contributed by atoms with Gasteiger partial charge in [0.1, 0.15) is 5.82 Å².